The Kier molecular flexibility index (Phi) is 6.77. The van der Waals surface area contributed by atoms with Crippen LogP contribution in [0.15, 0.2) is 21.7 Å². The second-order valence-electron chi connectivity index (χ2n) is 7.93. The van der Waals surface area contributed by atoms with Crippen LogP contribution in [0.5, 0.6) is 0 Å². The van der Waals surface area contributed by atoms with Crippen LogP contribution in [0.1, 0.15) is 46.5 Å². The number of amides is 2. The lowest BCUT2D eigenvalue weighted by molar-refractivity contribution is -0.117. The van der Waals surface area contributed by atoms with Gasteiger partial charge in [0.2, 0.25) is 15.9 Å². The fraction of sp³-hybridized carbons (Fsp3) is 0.500. The zero-order valence-electron chi connectivity index (χ0n) is 17.1. The minimum atomic E-state index is -3.48. The number of fused-ring (bicyclic) bond motifs is 1. The maximum absolute atomic E-state index is 12.6. The third kappa shape index (κ3) is 5.17. The van der Waals surface area contributed by atoms with Gasteiger partial charge < -0.3 is 11.1 Å². The normalized spacial score (nSPS) is 17.9. The number of carbonyl (C=O) groups excluding carboxylic acids is 2. The van der Waals surface area contributed by atoms with Crippen LogP contribution in [-0.2, 0) is 27.7 Å². The maximum atomic E-state index is 12.6. The number of hydrogen-bond donors (Lipinski definition) is 3. The summed E-state index contributed by atoms with van der Waals surface area (Å²) in [6.07, 6.45) is 5.14. The first-order chi connectivity index (χ1) is 14.8. The van der Waals surface area contributed by atoms with E-state index in [1.807, 2.05) is 4.90 Å². The average Bonchev–Trinajstić information content (AvgIpc) is 3.37. The lowest BCUT2D eigenvalue weighted by atomic mass is 9.95. The topological polar surface area (TPSA) is 122 Å². The van der Waals surface area contributed by atoms with Gasteiger partial charge in [-0.3, -0.25) is 14.5 Å². The van der Waals surface area contributed by atoms with E-state index in [1.54, 1.807) is 17.5 Å². The smallest absolute Gasteiger partial charge is 0.251 e. The standard InChI is InChI=1S/C20H26N4O4S3/c21-19(26)18-14-4-1-2-5-15(14)30-20(18)22-16(25)12-24-9-7-13(8-10-24)23-31(27,28)17-6-3-11-29-17/h3,6,11,13,23H,1-2,4-5,7-10,12H2,(H2,21,26)(H,22,25). The molecule has 1 aliphatic carbocycles. The Morgan fingerprint density at radius 2 is 1.94 bits per heavy atom. The predicted octanol–water partition coefficient (Wildman–Crippen LogP) is 2.17. The number of sulfonamides is 1. The van der Waals surface area contributed by atoms with Crippen molar-refractivity contribution in [3.63, 3.8) is 0 Å². The molecule has 2 aromatic rings. The lowest BCUT2D eigenvalue weighted by Crippen LogP contribution is -2.46. The van der Waals surface area contributed by atoms with Crippen LogP contribution >= 0.6 is 22.7 Å². The number of rotatable bonds is 7. The monoisotopic (exact) mass is 482 g/mol. The summed E-state index contributed by atoms with van der Waals surface area (Å²) in [6.45, 7) is 1.44. The third-order valence-corrected chi connectivity index (χ3v) is 9.83. The van der Waals surface area contributed by atoms with E-state index < -0.39 is 15.9 Å². The summed E-state index contributed by atoms with van der Waals surface area (Å²) in [6, 6.07) is 3.17. The van der Waals surface area contributed by atoms with Gasteiger partial charge >= 0.3 is 0 Å². The summed E-state index contributed by atoms with van der Waals surface area (Å²) in [5, 5.41) is 5.19. The second kappa shape index (κ2) is 9.37. The number of primary amides is 1. The van der Waals surface area contributed by atoms with Crippen molar-refractivity contribution in [3.05, 3.63) is 33.5 Å². The Morgan fingerprint density at radius 3 is 2.61 bits per heavy atom. The summed E-state index contributed by atoms with van der Waals surface area (Å²) in [5.41, 5.74) is 7.06. The minimum absolute atomic E-state index is 0.142. The van der Waals surface area contributed by atoms with Crippen LogP contribution in [0.25, 0.3) is 0 Å². The lowest BCUT2D eigenvalue weighted by Gasteiger charge is -2.31. The van der Waals surface area contributed by atoms with Crippen molar-refractivity contribution >= 4 is 49.5 Å². The predicted molar refractivity (Wildman–Crippen MR) is 122 cm³/mol. The number of carbonyl (C=O) groups is 2. The number of nitrogens with zero attached hydrogens (tertiary/aromatic N) is 1. The van der Waals surface area contributed by atoms with E-state index >= 15 is 0 Å². The van der Waals surface area contributed by atoms with Crippen molar-refractivity contribution in [1.29, 1.82) is 0 Å². The highest BCUT2D eigenvalue weighted by molar-refractivity contribution is 7.91. The highest BCUT2D eigenvalue weighted by Gasteiger charge is 2.28. The fourth-order valence-corrected chi connectivity index (χ4v) is 7.81. The molecule has 1 saturated heterocycles. The second-order valence-corrected chi connectivity index (χ2v) is 11.9. The van der Waals surface area contributed by atoms with Gasteiger partial charge in [0.15, 0.2) is 0 Å². The van der Waals surface area contributed by atoms with Crippen LogP contribution < -0.4 is 15.8 Å². The van der Waals surface area contributed by atoms with Crippen molar-refractivity contribution in [1.82, 2.24) is 9.62 Å². The molecule has 4 rings (SSSR count). The van der Waals surface area contributed by atoms with Crippen molar-refractivity contribution in [3.8, 4) is 0 Å². The Bertz CT molecular complexity index is 1050. The van der Waals surface area contributed by atoms with Gasteiger partial charge in [-0.2, -0.15) is 0 Å². The van der Waals surface area contributed by atoms with E-state index in [1.165, 1.54) is 22.7 Å². The maximum Gasteiger partial charge on any atom is 0.251 e. The van der Waals surface area contributed by atoms with E-state index in [9.17, 15) is 18.0 Å². The first kappa shape index (κ1) is 22.4. The van der Waals surface area contributed by atoms with Gasteiger partial charge in [-0.15, -0.1) is 22.7 Å². The molecule has 0 bridgehead atoms. The van der Waals surface area contributed by atoms with Gasteiger partial charge in [-0.25, -0.2) is 13.1 Å². The number of aryl methyl sites for hydroxylation is 1. The van der Waals surface area contributed by atoms with Crippen molar-refractivity contribution < 1.29 is 18.0 Å². The van der Waals surface area contributed by atoms with E-state index in [0.717, 1.165) is 36.1 Å². The number of nitrogens with two attached hydrogens (primary N) is 1. The van der Waals surface area contributed by atoms with Crippen molar-refractivity contribution in [2.75, 3.05) is 25.0 Å². The van der Waals surface area contributed by atoms with Crippen molar-refractivity contribution in [2.45, 2.75) is 48.8 Å². The highest BCUT2D eigenvalue weighted by atomic mass is 32.2. The van der Waals surface area contributed by atoms with Gasteiger partial charge in [0, 0.05) is 24.0 Å². The van der Waals surface area contributed by atoms with E-state index in [0.29, 0.717) is 40.7 Å². The molecule has 31 heavy (non-hydrogen) atoms. The molecule has 4 N–H and O–H groups in total. The molecule has 168 valence electrons. The Labute approximate surface area is 189 Å². The number of thiophene rings is 2. The molecule has 0 spiro atoms. The zero-order valence-corrected chi connectivity index (χ0v) is 19.5. The first-order valence-electron chi connectivity index (χ1n) is 10.4. The summed E-state index contributed by atoms with van der Waals surface area (Å²) in [5.74, 6) is -0.674. The molecule has 8 nitrogen and oxygen atoms in total. The Hall–Kier alpha value is -1.79. The van der Waals surface area contributed by atoms with Gasteiger partial charge in [-0.05, 0) is 55.5 Å². The highest BCUT2D eigenvalue weighted by Crippen LogP contribution is 2.37. The number of likely N-dealkylation sites (tertiary alicyclic amines) is 1. The molecule has 0 atom stereocenters. The molecule has 1 fully saturated rings. The largest absolute Gasteiger partial charge is 0.365 e. The molecule has 0 aromatic carbocycles. The molecule has 11 heteroatoms. The molecule has 2 aromatic heterocycles. The number of piperidine rings is 1. The van der Waals surface area contributed by atoms with E-state index in [2.05, 4.69) is 10.0 Å². The summed E-state index contributed by atoms with van der Waals surface area (Å²) in [4.78, 5) is 27.7. The Balaban J connectivity index is 1.31. The van der Waals surface area contributed by atoms with E-state index in [-0.39, 0.29) is 18.5 Å². The first-order valence-corrected chi connectivity index (χ1v) is 13.5. The van der Waals surface area contributed by atoms with Crippen LogP contribution in [-0.4, -0.2) is 50.8 Å². The number of nitrogens with one attached hydrogen (secondary N) is 2. The Morgan fingerprint density at radius 1 is 1.19 bits per heavy atom. The third-order valence-electron chi connectivity index (χ3n) is 5.71. The van der Waals surface area contributed by atoms with Gasteiger partial charge in [0.05, 0.1) is 12.1 Å². The molecule has 2 aliphatic rings. The van der Waals surface area contributed by atoms with Gasteiger partial charge in [0.25, 0.3) is 5.91 Å². The summed E-state index contributed by atoms with van der Waals surface area (Å²) < 4.78 is 27.8. The molecule has 0 unspecified atom stereocenters. The van der Waals surface area contributed by atoms with E-state index in [4.69, 9.17) is 5.73 Å². The van der Waals surface area contributed by atoms with Gasteiger partial charge in [0.1, 0.15) is 9.21 Å². The molecule has 2 amide bonds. The molecular weight excluding hydrogens is 456 g/mol. The molecule has 0 radical (unpaired) electrons. The van der Waals surface area contributed by atoms with Crippen LogP contribution in [0, 0.1) is 0 Å². The minimum Gasteiger partial charge on any atom is -0.365 e. The fourth-order valence-electron chi connectivity index (χ4n) is 4.19. The van der Waals surface area contributed by atoms with Crippen LogP contribution in [0.3, 0.4) is 0 Å². The van der Waals surface area contributed by atoms with Crippen LogP contribution in [0.4, 0.5) is 5.00 Å². The number of anilines is 1. The summed E-state index contributed by atoms with van der Waals surface area (Å²) in [7, 11) is -3.48. The molecule has 0 saturated carbocycles. The molecule has 1 aliphatic heterocycles. The summed E-state index contributed by atoms with van der Waals surface area (Å²) >= 11 is 2.65. The number of hydrogen-bond acceptors (Lipinski definition) is 7. The molecular formula is C20H26N4O4S3. The molecule has 3 heterocycles. The average molecular weight is 483 g/mol. The quantitative estimate of drug-likeness (QED) is 0.558. The zero-order chi connectivity index (χ0) is 22.0. The van der Waals surface area contributed by atoms with Crippen molar-refractivity contribution in [2.24, 2.45) is 5.73 Å². The SMILES string of the molecule is NC(=O)c1c(NC(=O)CN2CCC(NS(=O)(=O)c3cccs3)CC2)sc2c1CCCC2. The van der Waals surface area contributed by atoms with Gasteiger partial charge in [-0.1, -0.05) is 6.07 Å². The van der Waals surface area contributed by atoms with Crippen LogP contribution in [0.2, 0.25) is 0 Å².